The number of nitrogens with zero attached hydrogens (tertiary/aromatic N) is 1. The average Bonchev–Trinajstić information content (AvgIpc) is 2.84. The van der Waals surface area contributed by atoms with Crippen molar-refractivity contribution in [3.05, 3.63) is 22.7 Å². The quantitative estimate of drug-likeness (QED) is 0.815. The monoisotopic (exact) mass is 325 g/mol. The van der Waals surface area contributed by atoms with E-state index in [9.17, 15) is 9.59 Å². The molecule has 0 aromatic carbocycles. The first kappa shape index (κ1) is 18.2. The van der Waals surface area contributed by atoms with Crippen molar-refractivity contribution in [3.8, 4) is 0 Å². The highest BCUT2D eigenvalue weighted by Gasteiger charge is 2.22. The topological polar surface area (TPSA) is 80.3 Å². The normalized spacial score (nSPS) is 12.2. The zero-order valence-corrected chi connectivity index (χ0v) is 14.4. The molecule has 0 aliphatic carbocycles. The van der Waals surface area contributed by atoms with Gasteiger partial charge in [0.15, 0.2) is 0 Å². The van der Waals surface area contributed by atoms with Gasteiger partial charge in [-0.05, 0) is 40.7 Å². The molecule has 2 amide bonds. The van der Waals surface area contributed by atoms with Crippen molar-refractivity contribution in [3.63, 3.8) is 0 Å². The van der Waals surface area contributed by atoms with Gasteiger partial charge in [0.2, 0.25) is 5.91 Å². The standard InChI is InChI=1S/C15H23N3O3S/c1-14(2,3)21-13(20)16-9-15(4,5)18-12(19)7-6-11-8-22-10-17-11/h6-8,10H,9H2,1-5H3,(H,16,20)(H,18,19). The average molecular weight is 325 g/mol. The Morgan fingerprint density at radius 2 is 2.00 bits per heavy atom. The lowest BCUT2D eigenvalue weighted by molar-refractivity contribution is -0.117. The van der Waals surface area contributed by atoms with Crippen LogP contribution in [0, 0.1) is 0 Å². The Morgan fingerprint density at radius 3 is 2.55 bits per heavy atom. The van der Waals surface area contributed by atoms with Crippen molar-refractivity contribution < 1.29 is 14.3 Å². The van der Waals surface area contributed by atoms with Crippen LogP contribution in [-0.2, 0) is 9.53 Å². The third-order valence-electron chi connectivity index (χ3n) is 2.39. The van der Waals surface area contributed by atoms with E-state index in [-0.39, 0.29) is 12.5 Å². The Kier molecular flexibility index (Phi) is 6.11. The predicted octanol–water partition coefficient (Wildman–Crippen LogP) is 2.58. The SMILES string of the molecule is CC(C)(CNC(=O)OC(C)(C)C)NC(=O)C=Cc1cscn1. The second kappa shape index (κ2) is 7.40. The van der Waals surface area contributed by atoms with E-state index in [0.717, 1.165) is 5.69 Å². The van der Waals surface area contributed by atoms with E-state index >= 15 is 0 Å². The molecule has 0 aliphatic rings. The van der Waals surface area contributed by atoms with Gasteiger partial charge in [0.1, 0.15) is 5.60 Å². The number of hydrogen-bond donors (Lipinski definition) is 2. The Hall–Kier alpha value is -1.89. The number of carbonyl (C=O) groups is 2. The molecule has 0 unspecified atom stereocenters. The number of aromatic nitrogens is 1. The van der Waals surface area contributed by atoms with E-state index in [2.05, 4.69) is 15.6 Å². The van der Waals surface area contributed by atoms with Crippen LogP contribution in [-0.4, -0.2) is 34.7 Å². The molecule has 0 bridgehead atoms. The molecule has 1 aromatic rings. The maximum atomic E-state index is 11.9. The van der Waals surface area contributed by atoms with Gasteiger partial charge < -0.3 is 15.4 Å². The summed E-state index contributed by atoms with van der Waals surface area (Å²) in [5, 5.41) is 7.31. The highest BCUT2D eigenvalue weighted by Crippen LogP contribution is 2.08. The molecule has 0 saturated heterocycles. The summed E-state index contributed by atoms with van der Waals surface area (Å²) >= 11 is 1.46. The van der Waals surface area contributed by atoms with Crippen molar-refractivity contribution in [1.29, 1.82) is 0 Å². The number of rotatable bonds is 5. The van der Waals surface area contributed by atoms with E-state index in [1.165, 1.54) is 17.4 Å². The van der Waals surface area contributed by atoms with E-state index < -0.39 is 17.2 Å². The number of amides is 2. The molecule has 1 rings (SSSR count). The first-order chi connectivity index (χ1) is 10.1. The van der Waals surface area contributed by atoms with Crippen LogP contribution >= 0.6 is 11.3 Å². The predicted molar refractivity (Wildman–Crippen MR) is 87.6 cm³/mol. The minimum Gasteiger partial charge on any atom is -0.444 e. The molecule has 0 aliphatic heterocycles. The smallest absolute Gasteiger partial charge is 0.407 e. The van der Waals surface area contributed by atoms with Gasteiger partial charge in [-0.15, -0.1) is 11.3 Å². The summed E-state index contributed by atoms with van der Waals surface area (Å²) in [5.74, 6) is -0.246. The largest absolute Gasteiger partial charge is 0.444 e. The minimum absolute atomic E-state index is 0.246. The Labute approximate surface area is 135 Å². The van der Waals surface area contributed by atoms with Gasteiger partial charge in [-0.1, -0.05) is 0 Å². The van der Waals surface area contributed by atoms with Gasteiger partial charge in [-0.3, -0.25) is 4.79 Å². The van der Waals surface area contributed by atoms with Crippen LogP contribution in [0.1, 0.15) is 40.3 Å². The van der Waals surface area contributed by atoms with Crippen molar-refractivity contribution in [2.75, 3.05) is 6.54 Å². The number of ether oxygens (including phenoxy) is 1. The second-order valence-electron chi connectivity index (χ2n) is 6.48. The van der Waals surface area contributed by atoms with Crippen LogP contribution in [0.25, 0.3) is 6.08 Å². The Balaban J connectivity index is 2.42. The maximum Gasteiger partial charge on any atom is 0.407 e. The van der Waals surface area contributed by atoms with Crippen LogP contribution in [0.5, 0.6) is 0 Å². The van der Waals surface area contributed by atoms with Crippen LogP contribution < -0.4 is 10.6 Å². The van der Waals surface area contributed by atoms with Gasteiger partial charge in [0.05, 0.1) is 16.7 Å². The molecule has 1 aromatic heterocycles. The number of nitrogens with one attached hydrogen (secondary N) is 2. The summed E-state index contributed by atoms with van der Waals surface area (Å²) in [6.45, 7) is 9.28. The van der Waals surface area contributed by atoms with Crippen molar-refractivity contribution in [2.24, 2.45) is 0 Å². The first-order valence-electron chi connectivity index (χ1n) is 6.93. The molecule has 0 saturated carbocycles. The summed E-state index contributed by atoms with van der Waals surface area (Å²) in [5.41, 5.74) is 1.30. The van der Waals surface area contributed by atoms with Gasteiger partial charge in [0, 0.05) is 18.0 Å². The molecule has 0 spiro atoms. The van der Waals surface area contributed by atoms with Crippen LogP contribution in [0.15, 0.2) is 17.0 Å². The number of hydrogen-bond acceptors (Lipinski definition) is 5. The molecular weight excluding hydrogens is 302 g/mol. The van der Waals surface area contributed by atoms with Gasteiger partial charge in [-0.2, -0.15) is 0 Å². The molecule has 6 nitrogen and oxygen atoms in total. The fourth-order valence-corrected chi connectivity index (χ4v) is 2.01. The Morgan fingerprint density at radius 1 is 1.32 bits per heavy atom. The lowest BCUT2D eigenvalue weighted by Gasteiger charge is -2.27. The third kappa shape index (κ3) is 7.78. The van der Waals surface area contributed by atoms with Gasteiger partial charge >= 0.3 is 6.09 Å². The van der Waals surface area contributed by atoms with Crippen LogP contribution in [0.4, 0.5) is 4.79 Å². The lowest BCUT2D eigenvalue weighted by Crippen LogP contribution is -2.51. The summed E-state index contributed by atoms with van der Waals surface area (Å²) in [7, 11) is 0. The summed E-state index contributed by atoms with van der Waals surface area (Å²) in [6, 6.07) is 0. The molecule has 0 fully saturated rings. The fraction of sp³-hybridized carbons (Fsp3) is 0.533. The summed E-state index contributed by atoms with van der Waals surface area (Å²) < 4.78 is 5.15. The van der Waals surface area contributed by atoms with Crippen LogP contribution in [0.2, 0.25) is 0 Å². The molecule has 22 heavy (non-hydrogen) atoms. The molecule has 0 radical (unpaired) electrons. The zero-order chi connectivity index (χ0) is 16.8. The van der Waals surface area contributed by atoms with E-state index in [1.807, 2.05) is 19.2 Å². The van der Waals surface area contributed by atoms with Gasteiger partial charge in [0.25, 0.3) is 0 Å². The van der Waals surface area contributed by atoms with Crippen LogP contribution in [0.3, 0.4) is 0 Å². The first-order valence-corrected chi connectivity index (χ1v) is 7.87. The molecule has 122 valence electrons. The van der Waals surface area contributed by atoms with E-state index in [4.69, 9.17) is 4.74 Å². The molecule has 7 heteroatoms. The van der Waals surface area contributed by atoms with E-state index in [0.29, 0.717) is 0 Å². The van der Waals surface area contributed by atoms with Crippen molar-refractivity contribution in [2.45, 2.75) is 45.8 Å². The van der Waals surface area contributed by atoms with Crippen molar-refractivity contribution >= 4 is 29.4 Å². The maximum absolute atomic E-state index is 11.9. The highest BCUT2D eigenvalue weighted by molar-refractivity contribution is 7.07. The zero-order valence-electron chi connectivity index (χ0n) is 13.6. The molecule has 1 heterocycles. The third-order valence-corrected chi connectivity index (χ3v) is 3.00. The summed E-state index contributed by atoms with van der Waals surface area (Å²) in [4.78, 5) is 27.5. The number of thiazole rings is 1. The minimum atomic E-state index is -0.597. The fourth-order valence-electron chi connectivity index (χ4n) is 1.49. The highest BCUT2D eigenvalue weighted by atomic mass is 32.1. The summed E-state index contributed by atoms with van der Waals surface area (Å²) in [6.07, 6.45) is 2.56. The van der Waals surface area contributed by atoms with Gasteiger partial charge in [-0.25, -0.2) is 9.78 Å². The second-order valence-corrected chi connectivity index (χ2v) is 7.19. The number of carbonyl (C=O) groups excluding carboxylic acids is 2. The Bertz CT molecular complexity index is 531. The molecular formula is C15H23N3O3S. The van der Waals surface area contributed by atoms with Crippen molar-refractivity contribution in [1.82, 2.24) is 15.6 Å². The van der Waals surface area contributed by atoms with E-state index in [1.54, 1.807) is 32.4 Å². The number of alkyl carbamates (subject to hydrolysis) is 1. The molecule has 2 N–H and O–H groups in total. The lowest BCUT2D eigenvalue weighted by atomic mass is 10.1. The molecule has 0 atom stereocenters.